The molecule has 8 heteroatoms. The smallest absolute Gasteiger partial charge is 0.222 e. The SMILES string of the molecule is COc1ccc(/C=C/C(=O)C2=NN(c3ccc(Br)cc3)C3c4cc(OC)c(OC)cc4CCN23)cc1. The molecule has 1 atom stereocenters. The molecule has 0 spiro atoms. The Morgan fingerprint density at radius 1 is 0.972 bits per heavy atom. The Kier molecular flexibility index (Phi) is 6.69. The molecule has 1 unspecified atom stereocenters. The van der Waals surface area contributed by atoms with Crippen molar-refractivity contribution in [3.8, 4) is 17.2 Å². The van der Waals surface area contributed by atoms with Crippen LogP contribution < -0.4 is 19.2 Å². The van der Waals surface area contributed by atoms with Crippen molar-refractivity contribution in [2.75, 3.05) is 32.9 Å². The monoisotopic (exact) mass is 547 g/mol. The maximum absolute atomic E-state index is 13.4. The van der Waals surface area contributed by atoms with Gasteiger partial charge in [-0.25, -0.2) is 5.01 Å². The molecule has 3 aromatic rings. The first kappa shape index (κ1) is 23.9. The van der Waals surface area contributed by atoms with E-state index in [2.05, 4.69) is 20.8 Å². The number of rotatable bonds is 7. The number of halogens is 1. The average molecular weight is 548 g/mol. The van der Waals surface area contributed by atoms with E-state index in [1.54, 1.807) is 33.5 Å². The quantitative estimate of drug-likeness (QED) is 0.366. The third kappa shape index (κ3) is 4.44. The number of hydrazone groups is 1. The normalized spacial score (nSPS) is 16.4. The lowest BCUT2D eigenvalue weighted by Crippen LogP contribution is -2.42. The first-order valence-electron chi connectivity index (χ1n) is 11.5. The molecule has 2 heterocycles. The zero-order valence-corrected chi connectivity index (χ0v) is 21.9. The summed E-state index contributed by atoms with van der Waals surface area (Å²) in [6, 6.07) is 19.5. The fourth-order valence-corrected chi connectivity index (χ4v) is 4.83. The van der Waals surface area contributed by atoms with Crippen LogP contribution in [0.4, 0.5) is 5.69 Å². The summed E-state index contributed by atoms with van der Waals surface area (Å²) >= 11 is 3.50. The van der Waals surface area contributed by atoms with Gasteiger partial charge in [-0.15, -0.1) is 5.10 Å². The van der Waals surface area contributed by atoms with Crippen LogP contribution in [0, 0.1) is 0 Å². The van der Waals surface area contributed by atoms with E-state index in [4.69, 9.17) is 19.3 Å². The largest absolute Gasteiger partial charge is 0.497 e. The van der Waals surface area contributed by atoms with Crippen molar-refractivity contribution in [2.45, 2.75) is 12.6 Å². The predicted octanol–water partition coefficient (Wildman–Crippen LogP) is 5.45. The van der Waals surface area contributed by atoms with Gasteiger partial charge in [0.1, 0.15) is 5.75 Å². The summed E-state index contributed by atoms with van der Waals surface area (Å²) in [6.07, 6.45) is 3.86. The number of benzene rings is 3. The van der Waals surface area contributed by atoms with Gasteiger partial charge in [0, 0.05) is 16.6 Å². The Bertz CT molecular complexity index is 1340. The number of amidine groups is 1. The molecule has 0 bridgehead atoms. The van der Waals surface area contributed by atoms with Crippen LogP contribution in [0.5, 0.6) is 17.2 Å². The Morgan fingerprint density at radius 3 is 2.33 bits per heavy atom. The van der Waals surface area contributed by atoms with Gasteiger partial charge in [0.2, 0.25) is 5.78 Å². The number of carbonyl (C=O) groups excluding carboxylic acids is 1. The number of carbonyl (C=O) groups is 1. The molecule has 5 rings (SSSR count). The molecule has 36 heavy (non-hydrogen) atoms. The summed E-state index contributed by atoms with van der Waals surface area (Å²) in [6.45, 7) is 0.654. The summed E-state index contributed by atoms with van der Waals surface area (Å²) in [5, 5.41) is 6.74. The van der Waals surface area contributed by atoms with Crippen LogP contribution in [0.2, 0.25) is 0 Å². The minimum atomic E-state index is -0.275. The summed E-state index contributed by atoms with van der Waals surface area (Å²) in [4.78, 5) is 15.5. The van der Waals surface area contributed by atoms with Gasteiger partial charge < -0.3 is 19.1 Å². The molecule has 0 radical (unpaired) electrons. The zero-order chi connectivity index (χ0) is 25.2. The van der Waals surface area contributed by atoms with E-state index in [1.165, 1.54) is 0 Å². The number of hydrogen-bond acceptors (Lipinski definition) is 7. The molecule has 0 N–H and O–H groups in total. The summed E-state index contributed by atoms with van der Waals surface area (Å²) < 4.78 is 17.3. The molecule has 3 aromatic carbocycles. The summed E-state index contributed by atoms with van der Waals surface area (Å²) in [7, 11) is 4.89. The van der Waals surface area contributed by atoms with Gasteiger partial charge in [-0.3, -0.25) is 4.79 Å². The van der Waals surface area contributed by atoms with Gasteiger partial charge in [0.25, 0.3) is 0 Å². The van der Waals surface area contributed by atoms with Crippen LogP contribution in [0.3, 0.4) is 0 Å². The van der Waals surface area contributed by atoms with Crippen molar-refractivity contribution < 1.29 is 19.0 Å². The van der Waals surface area contributed by atoms with Crippen LogP contribution >= 0.6 is 15.9 Å². The lowest BCUT2D eigenvalue weighted by molar-refractivity contribution is -0.109. The Labute approximate surface area is 218 Å². The van der Waals surface area contributed by atoms with Crippen molar-refractivity contribution in [1.29, 1.82) is 0 Å². The number of nitrogens with zero attached hydrogens (tertiary/aromatic N) is 3. The molecule has 0 amide bonds. The number of ether oxygens (including phenoxy) is 3. The van der Waals surface area contributed by atoms with Gasteiger partial charge in [-0.05, 0) is 72.2 Å². The lowest BCUT2D eigenvalue weighted by atomic mass is 9.95. The highest BCUT2D eigenvalue weighted by Gasteiger charge is 2.42. The van der Waals surface area contributed by atoms with Crippen molar-refractivity contribution in [3.05, 3.63) is 87.9 Å². The minimum absolute atomic E-state index is 0.153. The third-order valence-electron chi connectivity index (χ3n) is 6.40. The number of ketones is 1. The molecule has 184 valence electrons. The molecular weight excluding hydrogens is 522 g/mol. The van der Waals surface area contributed by atoms with Crippen molar-refractivity contribution in [3.63, 3.8) is 0 Å². The minimum Gasteiger partial charge on any atom is -0.497 e. The Morgan fingerprint density at radius 2 is 1.67 bits per heavy atom. The average Bonchev–Trinajstić information content (AvgIpc) is 3.31. The second-order valence-electron chi connectivity index (χ2n) is 8.44. The van der Waals surface area contributed by atoms with Crippen LogP contribution in [0.25, 0.3) is 6.08 Å². The molecule has 7 nitrogen and oxygen atoms in total. The van der Waals surface area contributed by atoms with Gasteiger partial charge in [0.05, 0.1) is 27.0 Å². The summed E-state index contributed by atoms with van der Waals surface area (Å²) in [5.74, 6) is 2.36. The van der Waals surface area contributed by atoms with Crippen molar-refractivity contribution >= 4 is 39.3 Å². The van der Waals surface area contributed by atoms with Crippen molar-refractivity contribution in [1.82, 2.24) is 4.90 Å². The van der Waals surface area contributed by atoms with Gasteiger partial charge in [-0.2, -0.15) is 0 Å². The molecule has 2 aliphatic rings. The number of hydrogen-bond donors (Lipinski definition) is 0. The molecule has 0 fully saturated rings. The van der Waals surface area contributed by atoms with Crippen LogP contribution in [-0.2, 0) is 11.2 Å². The van der Waals surface area contributed by atoms with Crippen LogP contribution in [-0.4, -0.2) is 44.4 Å². The van der Waals surface area contributed by atoms with Crippen molar-refractivity contribution in [2.24, 2.45) is 5.10 Å². The van der Waals surface area contributed by atoms with Gasteiger partial charge in [0.15, 0.2) is 23.5 Å². The van der Waals surface area contributed by atoms with E-state index in [9.17, 15) is 4.79 Å². The standard InChI is InChI=1S/C28H26BrN3O4/c1-34-22-11-4-18(5-12-22)6-13-24(33)27-30-32(21-9-7-20(29)8-10-21)28-23-17-26(36-3)25(35-2)16-19(23)14-15-31(27)28/h4-13,16-17,28H,14-15H2,1-3H3/b13-6+. The van der Waals surface area contributed by atoms with E-state index in [-0.39, 0.29) is 11.9 Å². The molecule has 0 saturated heterocycles. The van der Waals surface area contributed by atoms with Crippen LogP contribution in [0.15, 0.2) is 76.3 Å². The second-order valence-corrected chi connectivity index (χ2v) is 9.35. The topological polar surface area (TPSA) is 63.6 Å². The van der Waals surface area contributed by atoms with Gasteiger partial charge in [-0.1, -0.05) is 34.1 Å². The van der Waals surface area contributed by atoms with Crippen LogP contribution in [0.1, 0.15) is 22.9 Å². The van der Waals surface area contributed by atoms with E-state index >= 15 is 0 Å². The second kappa shape index (κ2) is 10.1. The molecule has 0 aromatic heterocycles. The number of fused-ring (bicyclic) bond motifs is 3. The summed E-state index contributed by atoms with van der Waals surface area (Å²) in [5.41, 5.74) is 3.98. The fourth-order valence-electron chi connectivity index (χ4n) is 4.57. The van der Waals surface area contributed by atoms with E-state index < -0.39 is 0 Å². The zero-order valence-electron chi connectivity index (χ0n) is 20.3. The highest BCUT2D eigenvalue weighted by Crippen LogP contribution is 2.44. The lowest BCUT2D eigenvalue weighted by Gasteiger charge is -2.37. The first-order chi connectivity index (χ1) is 17.5. The molecule has 0 aliphatic carbocycles. The molecular formula is C28H26BrN3O4. The van der Waals surface area contributed by atoms with E-state index in [0.717, 1.165) is 39.0 Å². The van der Waals surface area contributed by atoms with Gasteiger partial charge >= 0.3 is 0 Å². The van der Waals surface area contributed by atoms with E-state index in [0.29, 0.717) is 23.9 Å². The number of anilines is 1. The highest BCUT2D eigenvalue weighted by atomic mass is 79.9. The maximum Gasteiger partial charge on any atom is 0.222 e. The fraction of sp³-hybridized carbons (Fsp3) is 0.214. The maximum atomic E-state index is 13.4. The molecule has 2 aliphatic heterocycles. The third-order valence-corrected chi connectivity index (χ3v) is 6.93. The number of methoxy groups -OCH3 is 3. The van der Waals surface area contributed by atoms with E-state index in [1.807, 2.05) is 65.7 Å². The Balaban J connectivity index is 1.52. The first-order valence-corrected chi connectivity index (χ1v) is 12.3. The predicted molar refractivity (Wildman–Crippen MR) is 144 cm³/mol. The highest BCUT2D eigenvalue weighted by molar-refractivity contribution is 9.10. The molecule has 0 saturated carbocycles. The Hall–Kier alpha value is -3.78.